The monoisotopic (exact) mass is 989 g/mol. The van der Waals surface area contributed by atoms with Crippen molar-refractivity contribution < 1.29 is 63.3 Å². The number of aliphatic hydroxyl groups excluding tert-OH is 1. The SMILES string of the molecule is CC(C)[C@H](NC(=O)[C@H](Cc1ccccc1)NC(=O)[C@H](CCCN=C(N)N)NC(=O)[C@@H](NC(=O)[C@H](C)NC(=O)[C@H](C)NC(=O)[C@H](CCC(=O)O)NC(=O)[C@@H](NC(=O)[C@@H]1CCCN1)[C@@H](C)O)C(C)C)C(=O)O. The number of aliphatic hydroxyl groups is 1. The van der Waals surface area contributed by atoms with Gasteiger partial charge in [-0.05, 0) is 76.8 Å². The molecule has 0 bridgehead atoms. The number of rotatable bonds is 29. The minimum absolute atomic E-state index is 0.0419. The Hall–Kier alpha value is -6.89. The van der Waals surface area contributed by atoms with Crippen molar-refractivity contribution in [3.63, 3.8) is 0 Å². The Morgan fingerprint density at radius 1 is 0.629 bits per heavy atom. The van der Waals surface area contributed by atoms with Crippen LogP contribution in [0, 0.1) is 11.8 Å². The summed E-state index contributed by atoms with van der Waals surface area (Å²) in [6, 6.07) is -2.91. The third-order valence-electron chi connectivity index (χ3n) is 11.2. The highest BCUT2D eigenvalue weighted by Gasteiger charge is 2.36. The Labute approximate surface area is 406 Å². The van der Waals surface area contributed by atoms with Gasteiger partial charge in [0.1, 0.15) is 48.3 Å². The molecule has 1 fully saturated rings. The van der Waals surface area contributed by atoms with E-state index in [0.29, 0.717) is 18.5 Å². The number of carboxylic acids is 2. The lowest BCUT2D eigenvalue weighted by atomic mass is 10.00. The summed E-state index contributed by atoms with van der Waals surface area (Å²) in [5.41, 5.74) is 11.6. The Morgan fingerprint density at radius 2 is 1.13 bits per heavy atom. The van der Waals surface area contributed by atoms with Crippen molar-refractivity contribution >= 4 is 65.2 Å². The number of hydrogen-bond donors (Lipinski definition) is 14. The van der Waals surface area contributed by atoms with E-state index < -0.39 is 144 Å². The number of nitrogens with zero attached hydrogens (tertiary/aromatic N) is 1. The third kappa shape index (κ3) is 20.4. The molecule has 10 atom stereocenters. The molecule has 1 heterocycles. The molecule has 1 aromatic rings. The lowest BCUT2D eigenvalue weighted by molar-refractivity contribution is -0.143. The van der Waals surface area contributed by atoms with Crippen LogP contribution in [0.2, 0.25) is 0 Å². The number of aliphatic imine (C=N–C) groups is 1. The standard InChI is InChI=1S/C45H72N12O13/c1-22(2)33(42(67)52-29(16-12-20-49-45(46)47)40(65)54-31(21-27-13-9-8-10-14-27)41(66)56-34(23(3)4)44(69)70)55-37(62)25(6)50-36(61)24(5)51-39(64)30(17-18-32(59)60)53-43(68)35(26(7)58)57-38(63)28-15-11-19-48-28/h8-10,13-14,22-26,28-31,33-35,48,58H,11-12,15-21H2,1-7H3,(H,50,61)(H,51,64)(H,52,67)(H,53,68)(H,54,65)(H,55,62)(H,56,66)(H,57,63)(H,59,60)(H,69,70)(H4,46,47,49)/t24-,25-,26+,28-,29-,30-,31-,33-,34-,35-/m0/s1. The summed E-state index contributed by atoms with van der Waals surface area (Å²) in [6.07, 6.45) is -1.13. The number of nitrogens with one attached hydrogen (secondary N) is 9. The Morgan fingerprint density at radius 3 is 1.64 bits per heavy atom. The molecule has 1 aromatic carbocycles. The highest BCUT2D eigenvalue weighted by molar-refractivity contribution is 5.98. The van der Waals surface area contributed by atoms with Gasteiger partial charge in [0.2, 0.25) is 47.3 Å². The Balaban J connectivity index is 2.22. The van der Waals surface area contributed by atoms with Crippen LogP contribution in [0.4, 0.5) is 0 Å². The molecule has 0 unspecified atom stereocenters. The van der Waals surface area contributed by atoms with Crippen LogP contribution in [0.25, 0.3) is 0 Å². The minimum atomic E-state index is -1.54. The molecule has 25 heteroatoms. The molecule has 2 rings (SSSR count). The van der Waals surface area contributed by atoms with Gasteiger partial charge in [-0.15, -0.1) is 0 Å². The molecule has 70 heavy (non-hydrogen) atoms. The van der Waals surface area contributed by atoms with Gasteiger partial charge in [0.25, 0.3) is 0 Å². The second-order valence-electron chi connectivity index (χ2n) is 17.9. The fourth-order valence-corrected chi connectivity index (χ4v) is 7.09. The Kier molecular flexibility index (Phi) is 24.7. The third-order valence-corrected chi connectivity index (χ3v) is 11.2. The van der Waals surface area contributed by atoms with Gasteiger partial charge in [0.15, 0.2) is 5.96 Å². The first-order valence-electron chi connectivity index (χ1n) is 23.2. The fraction of sp³-hybridized carbons (Fsp3) is 0.622. The Bertz CT molecular complexity index is 2010. The highest BCUT2D eigenvalue weighted by Crippen LogP contribution is 2.11. The van der Waals surface area contributed by atoms with Gasteiger partial charge in [0, 0.05) is 19.4 Å². The number of carboxylic acid groups (broad SMARTS) is 2. The molecule has 1 aliphatic heterocycles. The first kappa shape index (κ1) is 59.2. The molecular formula is C45H72N12O13. The van der Waals surface area contributed by atoms with Gasteiger partial charge in [-0.3, -0.25) is 48.1 Å². The van der Waals surface area contributed by atoms with Gasteiger partial charge in [-0.25, -0.2) is 4.79 Å². The summed E-state index contributed by atoms with van der Waals surface area (Å²) in [7, 11) is 0. The molecular weight excluding hydrogens is 917 g/mol. The van der Waals surface area contributed by atoms with E-state index in [0.717, 1.165) is 6.42 Å². The maximum atomic E-state index is 14.0. The van der Waals surface area contributed by atoms with Gasteiger partial charge in [0.05, 0.1) is 12.1 Å². The van der Waals surface area contributed by atoms with E-state index in [9.17, 15) is 63.3 Å². The van der Waals surface area contributed by atoms with Gasteiger partial charge >= 0.3 is 11.9 Å². The number of benzene rings is 1. The van der Waals surface area contributed by atoms with E-state index in [1.54, 1.807) is 58.0 Å². The number of nitrogens with two attached hydrogens (primary N) is 2. The fourth-order valence-electron chi connectivity index (χ4n) is 7.09. The normalized spacial score (nSPS) is 17.1. The van der Waals surface area contributed by atoms with Crippen LogP contribution in [0.3, 0.4) is 0 Å². The molecule has 8 amide bonds. The summed E-state index contributed by atoms with van der Waals surface area (Å²) >= 11 is 0. The first-order valence-corrected chi connectivity index (χ1v) is 23.2. The van der Waals surface area contributed by atoms with Crippen molar-refractivity contribution in [3.8, 4) is 0 Å². The van der Waals surface area contributed by atoms with Gasteiger partial charge in [-0.2, -0.15) is 0 Å². The van der Waals surface area contributed by atoms with Gasteiger partial charge in [-0.1, -0.05) is 58.0 Å². The lowest BCUT2D eigenvalue weighted by Crippen LogP contribution is -2.61. The van der Waals surface area contributed by atoms with Crippen molar-refractivity contribution in [2.24, 2.45) is 28.3 Å². The van der Waals surface area contributed by atoms with E-state index in [1.807, 2.05) is 0 Å². The number of hydrogen-bond acceptors (Lipinski definition) is 13. The molecule has 0 aromatic heterocycles. The second kappa shape index (κ2) is 29.2. The quantitative estimate of drug-likeness (QED) is 0.0211. The summed E-state index contributed by atoms with van der Waals surface area (Å²) in [4.78, 5) is 135. The van der Waals surface area contributed by atoms with Crippen molar-refractivity contribution in [2.75, 3.05) is 13.1 Å². The molecule has 0 spiro atoms. The van der Waals surface area contributed by atoms with E-state index in [2.05, 4.69) is 52.8 Å². The topological polar surface area (TPSA) is 404 Å². The largest absolute Gasteiger partial charge is 0.481 e. The van der Waals surface area contributed by atoms with Crippen LogP contribution in [0.1, 0.15) is 92.6 Å². The van der Waals surface area contributed by atoms with Crippen molar-refractivity contribution in [3.05, 3.63) is 35.9 Å². The zero-order valence-corrected chi connectivity index (χ0v) is 40.7. The predicted octanol–water partition coefficient (Wildman–Crippen LogP) is -3.40. The molecule has 390 valence electrons. The molecule has 25 nitrogen and oxygen atoms in total. The van der Waals surface area contributed by atoms with E-state index in [-0.39, 0.29) is 31.8 Å². The first-order chi connectivity index (χ1) is 32.8. The number of aliphatic carboxylic acids is 2. The van der Waals surface area contributed by atoms with Crippen molar-refractivity contribution in [1.29, 1.82) is 0 Å². The number of guanidine groups is 1. The lowest BCUT2D eigenvalue weighted by Gasteiger charge is -2.28. The van der Waals surface area contributed by atoms with Crippen LogP contribution in [0.15, 0.2) is 35.3 Å². The van der Waals surface area contributed by atoms with Crippen LogP contribution < -0.4 is 59.3 Å². The van der Waals surface area contributed by atoms with Crippen molar-refractivity contribution in [1.82, 2.24) is 47.9 Å². The maximum absolute atomic E-state index is 14.0. The molecule has 1 saturated heterocycles. The summed E-state index contributed by atoms with van der Waals surface area (Å²) in [5, 5.41) is 52.2. The molecule has 16 N–H and O–H groups in total. The van der Waals surface area contributed by atoms with Crippen molar-refractivity contribution in [2.45, 2.75) is 154 Å². The zero-order valence-electron chi connectivity index (χ0n) is 40.7. The average molecular weight is 989 g/mol. The van der Waals surface area contributed by atoms with Crippen LogP contribution in [-0.2, 0) is 54.4 Å². The predicted molar refractivity (Wildman–Crippen MR) is 254 cm³/mol. The number of amides is 8. The average Bonchev–Trinajstić information content (AvgIpc) is 3.83. The minimum Gasteiger partial charge on any atom is -0.481 e. The van der Waals surface area contributed by atoms with E-state index in [4.69, 9.17) is 11.5 Å². The van der Waals surface area contributed by atoms with Crippen LogP contribution in [-0.4, -0.2) is 154 Å². The summed E-state index contributed by atoms with van der Waals surface area (Å²) < 4.78 is 0. The van der Waals surface area contributed by atoms with Gasteiger partial charge < -0.3 is 74.6 Å². The van der Waals surface area contributed by atoms with Crippen LogP contribution in [0.5, 0.6) is 0 Å². The highest BCUT2D eigenvalue weighted by atomic mass is 16.4. The number of carbonyl (C=O) groups is 10. The zero-order chi connectivity index (χ0) is 52.8. The van der Waals surface area contributed by atoms with E-state index in [1.165, 1.54) is 20.8 Å². The summed E-state index contributed by atoms with van der Waals surface area (Å²) in [5.74, 6) is -10.6. The molecule has 0 aliphatic carbocycles. The number of carbonyl (C=O) groups excluding carboxylic acids is 8. The molecule has 1 aliphatic rings. The second-order valence-corrected chi connectivity index (χ2v) is 17.9. The van der Waals surface area contributed by atoms with Crippen LogP contribution >= 0.6 is 0 Å². The smallest absolute Gasteiger partial charge is 0.326 e. The molecule has 0 radical (unpaired) electrons. The summed E-state index contributed by atoms with van der Waals surface area (Å²) in [6.45, 7) is 10.9. The van der Waals surface area contributed by atoms with E-state index >= 15 is 0 Å². The molecule has 0 saturated carbocycles. The maximum Gasteiger partial charge on any atom is 0.326 e.